The van der Waals surface area contributed by atoms with Crippen molar-refractivity contribution in [2.75, 3.05) is 0 Å². The second-order valence-electron chi connectivity index (χ2n) is 9.17. The number of halogens is 2. The van der Waals surface area contributed by atoms with Crippen molar-refractivity contribution in [2.24, 2.45) is 5.41 Å². The van der Waals surface area contributed by atoms with E-state index in [-0.39, 0.29) is 16.6 Å². The number of aromatic nitrogens is 1. The normalized spacial score (nSPS) is 20.3. The fourth-order valence-corrected chi connectivity index (χ4v) is 6.71. The molecule has 0 radical (unpaired) electrons. The Balaban J connectivity index is 2.61. The summed E-state index contributed by atoms with van der Waals surface area (Å²) in [5, 5.41) is 9.72. The van der Waals surface area contributed by atoms with Crippen molar-refractivity contribution in [2.45, 2.75) is 71.7 Å². The van der Waals surface area contributed by atoms with E-state index in [0.717, 1.165) is 27.7 Å². The van der Waals surface area contributed by atoms with Crippen molar-refractivity contribution < 1.29 is 14.3 Å². The number of hydrogen-bond acceptors (Lipinski definition) is 3. The Morgan fingerprint density at radius 2 is 1.88 bits per heavy atom. The number of pyridine rings is 1. The molecular weight excluding hydrogens is 560 g/mol. The number of aromatic carboxylic acids is 1. The molecule has 1 aromatic heterocycles. The quantitative estimate of drug-likeness (QED) is 0.267. The summed E-state index contributed by atoms with van der Waals surface area (Å²) in [6.07, 6.45) is 1.66. The molecule has 1 atom stereocenters. The Morgan fingerprint density at radius 1 is 1.32 bits per heavy atom. The van der Waals surface area contributed by atoms with Gasteiger partial charge in [0, 0.05) is 14.8 Å². The summed E-state index contributed by atoms with van der Waals surface area (Å²) in [5.41, 5.74) is 2.40. The highest BCUT2D eigenvalue weighted by molar-refractivity contribution is 14.1. The van der Waals surface area contributed by atoms with Crippen molar-refractivity contribution in [3.63, 3.8) is 0 Å². The van der Waals surface area contributed by atoms with Gasteiger partial charge in [-0.3, -0.25) is 0 Å². The number of hydrogen-bond donors (Lipinski definition) is 1. The molecule has 1 N–H and O–H groups in total. The van der Waals surface area contributed by atoms with Crippen LogP contribution < -0.4 is 0 Å². The van der Waals surface area contributed by atoms with Crippen LogP contribution in [0.2, 0.25) is 18.1 Å². The fraction of sp³-hybridized carbons (Fsp3) is 0.667. The molecule has 0 amide bonds. The van der Waals surface area contributed by atoms with Crippen molar-refractivity contribution >= 4 is 59.5 Å². The van der Waals surface area contributed by atoms with Gasteiger partial charge in [0.1, 0.15) is 9.26 Å². The second kappa shape index (κ2) is 7.01. The van der Waals surface area contributed by atoms with Crippen LogP contribution in [0.1, 0.15) is 68.8 Å². The second-order valence-corrected chi connectivity index (χ2v) is 16.0. The first-order valence-corrected chi connectivity index (χ1v) is 13.5. The number of nitrogens with zero attached hydrogens (tertiary/aromatic N) is 1. The first-order chi connectivity index (χ1) is 11.2. The van der Waals surface area contributed by atoms with Crippen molar-refractivity contribution in [1.82, 2.24) is 4.98 Å². The molecule has 1 aliphatic carbocycles. The van der Waals surface area contributed by atoms with E-state index in [9.17, 15) is 9.90 Å². The molecule has 0 spiro atoms. The van der Waals surface area contributed by atoms with Gasteiger partial charge in [-0.05, 0) is 81.6 Å². The van der Waals surface area contributed by atoms with Gasteiger partial charge in [-0.2, -0.15) is 0 Å². The van der Waals surface area contributed by atoms with Gasteiger partial charge in [-0.15, -0.1) is 0 Å². The molecule has 25 heavy (non-hydrogen) atoms. The number of carbonyl (C=O) groups is 1. The first kappa shape index (κ1) is 21.6. The highest BCUT2D eigenvalue weighted by Gasteiger charge is 2.44. The Bertz CT molecular complexity index is 711. The maximum Gasteiger partial charge on any atom is 0.339 e. The minimum atomic E-state index is -1.98. The van der Waals surface area contributed by atoms with E-state index in [0.29, 0.717) is 9.26 Å². The van der Waals surface area contributed by atoms with Crippen LogP contribution in [0.25, 0.3) is 0 Å². The molecular formula is C18H27I2NO3Si. The highest BCUT2D eigenvalue weighted by Crippen LogP contribution is 2.48. The summed E-state index contributed by atoms with van der Waals surface area (Å²) < 4.78 is 8.12. The SMILES string of the molecule is CC1(C)Cc2nc(I)c(C(=O)O)c(I)c2C(O[Si](C)(C)C(C)(C)C)C1. The van der Waals surface area contributed by atoms with E-state index in [1.807, 2.05) is 22.6 Å². The zero-order valence-corrected chi connectivity index (χ0v) is 21.3. The summed E-state index contributed by atoms with van der Waals surface area (Å²) in [7, 11) is -1.98. The number of fused-ring (bicyclic) bond motifs is 1. The van der Waals surface area contributed by atoms with Crippen LogP contribution in [0.15, 0.2) is 0 Å². The summed E-state index contributed by atoms with van der Waals surface area (Å²) in [6, 6.07) is 0. The third-order valence-corrected chi connectivity index (χ3v) is 11.8. The lowest BCUT2D eigenvalue weighted by atomic mass is 9.74. The summed E-state index contributed by atoms with van der Waals surface area (Å²) in [4.78, 5) is 16.4. The summed E-state index contributed by atoms with van der Waals surface area (Å²) in [5.74, 6) is -0.917. The van der Waals surface area contributed by atoms with Gasteiger partial charge in [0.25, 0.3) is 0 Å². The Morgan fingerprint density at radius 3 is 2.36 bits per heavy atom. The van der Waals surface area contributed by atoms with Gasteiger partial charge in [-0.25, -0.2) is 9.78 Å². The van der Waals surface area contributed by atoms with Crippen LogP contribution in [0.3, 0.4) is 0 Å². The Labute approximate surface area is 178 Å². The predicted molar refractivity (Wildman–Crippen MR) is 120 cm³/mol. The topological polar surface area (TPSA) is 59.4 Å². The van der Waals surface area contributed by atoms with Gasteiger partial charge >= 0.3 is 5.97 Å². The Kier molecular flexibility index (Phi) is 6.05. The third kappa shape index (κ3) is 4.40. The van der Waals surface area contributed by atoms with Crippen LogP contribution in [0.5, 0.6) is 0 Å². The first-order valence-electron chi connectivity index (χ1n) is 8.45. The van der Waals surface area contributed by atoms with Crippen molar-refractivity contribution in [1.29, 1.82) is 0 Å². The number of rotatable bonds is 3. The van der Waals surface area contributed by atoms with E-state index in [1.165, 1.54) is 0 Å². The summed E-state index contributed by atoms with van der Waals surface area (Å²) in [6.45, 7) is 15.7. The molecule has 0 fully saturated rings. The molecule has 2 rings (SSSR count). The van der Waals surface area contributed by atoms with E-state index < -0.39 is 14.3 Å². The molecule has 0 bridgehead atoms. The predicted octanol–water partition coefficient (Wildman–Crippen LogP) is 6.02. The molecule has 1 aliphatic rings. The lowest BCUT2D eigenvalue weighted by Gasteiger charge is -2.44. The van der Waals surface area contributed by atoms with E-state index in [4.69, 9.17) is 4.43 Å². The standard InChI is InChI=1S/C18H27I2NO3Si/c1-17(2,3)25(6,7)24-11-9-18(4,5)8-10-12(11)14(19)13(16(22)23)15(20)21-10/h11H,8-9H2,1-7H3,(H,22,23). The zero-order chi connectivity index (χ0) is 19.4. The number of carboxylic acids is 1. The molecule has 0 saturated carbocycles. The molecule has 1 unspecified atom stereocenters. The maximum atomic E-state index is 11.7. The van der Waals surface area contributed by atoms with Gasteiger partial charge in [0.05, 0.1) is 6.10 Å². The van der Waals surface area contributed by atoms with Crippen LogP contribution in [-0.4, -0.2) is 24.4 Å². The maximum absolute atomic E-state index is 11.7. The molecule has 0 aromatic carbocycles. The average Bonchev–Trinajstić information content (AvgIpc) is 2.33. The lowest BCUT2D eigenvalue weighted by Crippen LogP contribution is -2.44. The van der Waals surface area contributed by atoms with Gasteiger partial charge in [-0.1, -0.05) is 34.6 Å². The van der Waals surface area contributed by atoms with E-state index in [1.54, 1.807) is 0 Å². The monoisotopic (exact) mass is 587 g/mol. The molecule has 7 heteroatoms. The molecule has 4 nitrogen and oxygen atoms in total. The lowest BCUT2D eigenvalue weighted by molar-refractivity contribution is 0.0692. The minimum Gasteiger partial charge on any atom is -0.478 e. The zero-order valence-electron chi connectivity index (χ0n) is 16.0. The average molecular weight is 587 g/mol. The summed E-state index contributed by atoms with van der Waals surface area (Å²) >= 11 is 4.21. The van der Waals surface area contributed by atoms with Crippen LogP contribution >= 0.6 is 45.2 Å². The van der Waals surface area contributed by atoms with E-state index >= 15 is 0 Å². The van der Waals surface area contributed by atoms with Crippen LogP contribution in [0, 0.1) is 12.7 Å². The minimum absolute atomic E-state index is 0.0872. The molecule has 1 heterocycles. The highest BCUT2D eigenvalue weighted by atomic mass is 127. The fourth-order valence-electron chi connectivity index (χ4n) is 2.99. The van der Waals surface area contributed by atoms with Crippen molar-refractivity contribution in [3.05, 3.63) is 24.1 Å². The van der Waals surface area contributed by atoms with Gasteiger partial charge < -0.3 is 9.53 Å². The number of carboxylic acid groups (broad SMARTS) is 1. The molecule has 0 saturated heterocycles. The molecule has 1 aromatic rings. The van der Waals surface area contributed by atoms with Gasteiger partial charge in [0.2, 0.25) is 0 Å². The largest absolute Gasteiger partial charge is 0.478 e. The van der Waals surface area contributed by atoms with Crippen molar-refractivity contribution in [3.8, 4) is 0 Å². The van der Waals surface area contributed by atoms with Crippen LogP contribution in [-0.2, 0) is 10.8 Å². The van der Waals surface area contributed by atoms with E-state index in [2.05, 4.69) is 75.3 Å². The molecule has 0 aliphatic heterocycles. The smallest absolute Gasteiger partial charge is 0.339 e. The van der Waals surface area contributed by atoms with Crippen LogP contribution in [0.4, 0.5) is 0 Å². The van der Waals surface area contributed by atoms with Gasteiger partial charge in [0.15, 0.2) is 8.32 Å². The Hall–Kier alpha value is 0.257. The molecule has 140 valence electrons. The third-order valence-electron chi connectivity index (χ3n) is 5.37.